The lowest BCUT2D eigenvalue weighted by Crippen LogP contribution is -2.28. The van der Waals surface area contributed by atoms with E-state index in [0.29, 0.717) is 18.1 Å². The van der Waals surface area contributed by atoms with Crippen molar-refractivity contribution in [1.82, 2.24) is 10.5 Å². The van der Waals surface area contributed by atoms with Crippen LogP contribution in [0.4, 0.5) is 4.39 Å². The Morgan fingerprint density at radius 3 is 2.46 bits per heavy atom. The number of aromatic nitrogens is 1. The molecule has 1 amide bonds. The first-order chi connectivity index (χ1) is 11.4. The molecule has 0 aliphatic heterocycles. The van der Waals surface area contributed by atoms with Crippen LogP contribution in [0.1, 0.15) is 40.2 Å². The number of halogens is 1. The van der Waals surface area contributed by atoms with Gasteiger partial charge in [0.1, 0.15) is 11.6 Å². The molecule has 130 valence electrons. The van der Waals surface area contributed by atoms with Crippen molar-refractivity contribution < 1.29 is 23.2 Å². The highest BCUT2D eigenvalue weighted by molar-refractivity contribution is 5.95. The molecule has 0 unspecified atom stereocenters. The van der Waals surface area contributed by atoms with Crippen LogP contribution in [0.5, 0.6) is 11.5 Å². The maximum absolute atomic E-state index is 14.1. The molecular formula is C17H21FN2O4. The standard InChI is InChI=1S/C17H21FN2O4/c1-9(16-10(2)20-24-11(16)3)8-19-17(21)12-6-14(22-4)15(23-5)7-13(12)18/h6-7,9H,8H2,1-5H3,(H,19,21)/t9-/m1/s1. The summed E-state index contributed by atoms with van der Waals surface area (Å²) in [5.41, 5.74) is 1.63. The minimum Gasteiger partial charge on any atom is -0.493 e. The summed E-state index contributed by atoms with van der Waals surface area (Å²) in [5, 5.41) is 6.63. The summed E-state index contributed by atoms with van der Waals surface area (Å²) in [6.07, 6.45) is 0. The number of rotatable bonds is 6. The molecule has 0 saturated heterocycles. The Hall–Kier alpha value is -2.57. The van der Waals surface area contributed by atoms with E-state index in [0.717, 1.165) is 17.3 Å². The molecule has 1 heterocycles. The zero-order valence-electron chi connectivity index (χ0n) is 14.4. The predicted octanol–water partition coefficient (Wildman–Crippen LogP) is 2.98. The Balaban J connectivity index is 2.13. The van der Waals surface area contributed by atoms with Crippen LogP contribution in [0.3, 0.4) is 0 Å². The fourth-order valence-corrected chi connectivity index (χ4v) is 2.66. The second-order valence-electron chi connectivity index (χ2n) is 5.54. The number of nitrogens with one attached hydrogen (secondary N) is 1. The van der Waals surface area contributed by atoms with Gasteiger partial charge < -0.3 is 19.3 Å². The molecular weight excluding hydrogens is 315 g/mol. The molecule has 0 spiro atoms. The van der Waals surface area contributed by atoms with Crippen molar-refractivity contribution in [3.8, 4) is 11.5 Å². The topological polar surface area (TPSA) is 73.6 Å². The smallest absolute Gasteiger partial charge is 0.254 e. The molecule has 1 atom stereocenters. The van der Waals surface area contributed by atoms with Crippen molar-refractivity contribution in [3.63, 3.8) is 0 Å². The Labute approximate surface area is 139 Å². The minimum atomic E-state index is -0.671. The van der Waals surface area contributed by atoms with E-state index < -0.39 is 11.7 Å². The number of nitrogens with zero attached hydrogens (tertiary/aromatic N) is 1. The van der Waals surface area contributed by atoms with E-state index in [1.807, 2.05) is 20.8 Å². The number of methoxy groups -OCH3 is 2. The Morgan fingerprint density at radius 1 is 1.29 bits per heavy atom. The summed E-state index contributed by atoms with van der Waals surface area (Å²) in [4.78, 5) is 12.3. The molecule has 24 heavy (non-hydrogen) atoms. The third kappa shape index (κ3) is 3.50. The normalized spacial score (nSPS) is 11.9. The van der Waals surface area contributed by atoms with Crippen LogP contribution in [-0.4, -0.2) is 31.8 Å². The molecule has 2 rings (SSSR count). The van der Waals surface area contributed by atoms with Crippen molar-refractivity contribution in [3.05, 3.63) is 40.5 Å². The van der Waals surface area contributed by atoms with Gasteiger partial charge in [0.15, 0.2) is 11.5 Å². The van der Waals surface area contributed by atoms with E-state index in [-0.39, 0.29) is 17.2 Å². The molecule has 6 nitrogen and oxygen atoms in total. The van der Waals surface area contributed by atoms with Crippen LogP contribution in [0.2, 0.25) is 0 Å². The van der Waals surface area contributed by atoms with Gasteiger partial charge in [-0.3, -0.25) is 4.79 Å². The van der Waals surface area contributed by atoms with Crippen LogP contribution < -0.4 is 14.8 Å². The molecule has 0 fully saturated rings. The molecule has 1 aromatic carbocycles. The molecule has 0 aliphatic carbocycles. The number of amides is 1. The number of carbonyl (C=O) groups excluding carboxylic acids is 1. The molecule has 1 aromatic heterocycles. The number of benzene rings is 1. The Bertz CT molecular complexity index is 723. The summed E-state index contributed by atoms with van der Waals surface area (Å²) >= 11 is 0. The maximum atomic E-state index is 14.1. The van der Waals surface area contributed by atoms with Gasteiger partial charge in [-0.1, -0.05) is 12.1 Å². The van der Waals surface area contributed by atoms with Gasteiger partial charge >= 0.3 is 0 Å². The van der Waals surface area contributed by atoms with Crippen LogP contribution in [-0.2, 0) is 0 Å². The van der Waals surface area contributed by atoms with E-state index in [9.17, 15) is 9.18 Å². The number of hydrogen-bond donors (Lipinski definition) is 1. The van der Waals surface area contributed by atoms with Gasteiger partial charge in [-0.05, 0) is 19.9 Å². The van der Waals surface area contributed by atoms with Crippen LogP contribution in [0.15, 0.2) is 16.7 Å². The van der Waals surface area contributed by atoms with Gasteiger partial charge in [0.2, 0.25) is 0 Å². The van der Waals surface area contributed by atoms with Gasteiger partial charge in [0.25, 0.3) is 5.91 Å². The highest BCUT2D eigenvalue weighted by Gasteiger charge is 2.20. The monoisotopic (exact) mass is 336 g/mol. The molecule has 0 bridgehead atoms. The molecule has 0 saturated carbocycles. The first-order valence-electron chi connectivity index (χ1n) is 7.51. The Morgan fingerprint density at radius 2 is 1.92 bits per heavy atom. The fraction of sp³-hybridized carbons (Fsp3) is 0.412. The average Bonchev–Trinajstić information content (AvgIpc) is 2.90. The van der Waals surface area contributed by atoms with E-state index in [1.165, 1.54) is 20.3 Å². The second-order valence-corrected chi connectivity index (χ2v) is 5.54. The van der Waals surface area contributed by atoms with Gasteiger partial charge in [0.05, 0.1) is 25.5 Å². The van der Waals surface area contributed by atoms with Gasteiger partial charge in [-0.15, -0.1) is 0 Å². The quantitative estimate of drug-likeness (QED) is 0.878. The highest BCUT2D eigenvalue weighted by Crippen LogP contribution is 2.30. The number of hydrogen-bond acceptors (Lipinski definition) is 5. The summed E-state index contributed by atoms with van der Waals surface area (Å²) in [7, 11) is 2.83. The lowest BCUT2D eigenvalue weighted by molar-refractivity contribution is 0.0947. The zero-order valence-corrected chi connectivity index (χ0v) is 14.4. The molecule has 0 aliphatic rings. The van der Waals surface area contributed by atoms with Crippen LogP contribution in [0, 0.1) is 19.7 Å². The number of aryl methyl sites for hydroxylation is 2. The summed E-state index contributed by atoms with van der Waals surface area (Å²) in [5.74, 6) is 0.0376. The third-order valence-electron chi connectivity index (χ3n) is 3.87. The van der Waals surface area contributed by atoms with E-state index >= 15 is 0 Å². The van der Waals surface area contributed by atoms with Crippen molar-refractivity contribution in [2.24, 2.45) is 0 Å². The molecule has 0 radical (unpaired) electrons. The molecule has 7 heteroatoms. The number of carbonyl (C=O) groups is 1. The lowest BCUT2D eigenvalue weighted by atomic mass is 9.99. The van der Waals surface area contributed by atoms with Crippen LogP contribution >= 0.6 is 0 Å². The van der Waals surface area contributed by atoms with Gasteiger partial charge in [-0.2, -0.15) is 0 Å². The highest BCUT2D eigenvalue weighted by atomic mass is 19.1. The summed E-state index contributed by atoms with van der Waals surface area (Å²) in [6, 6.07) is 2.45. The fourth-order valence-electron chi connectivity index (χ4n) is 2.66. The largest absolute Gasteiger partial charge is 0.493 e. The van der Waals surface area contributed by atoms with Crippen molar-refractivity contribution in [2.45, 2.75) is 26.7 Å². The first-order valence-corrected chi connectivity index (χ1v) is 7.51. The summed E-state index contributed by atoms with van der Waals surface area (Å²) in [6.45, 7) is 5.94. The molecule has 1 N–H and O–H groups in total. The predicted molar refractivity (Wildman–Crippen MR) is 86.2 cm³/mol. The lowest BCUT2D eigenvalue weighted by Gasteiger charge is -2.14. The minimum absolute atomic E-state index is 0.0107. The van der Waals surface area contributed by atoms with Gasteiger partial charge in [0, 0.05) is 24.1 Å². The van der Waals surface area contributed by atoms with E-state index in [2.05, 4.69) is 10.5 Å². The van der Waals surface area contributed by atoms with E-state index in [1.54, 1.807) is 0 Å². The van der Waals surface area contributed by atoms with Crippen molar-refractivity contribution >= 4 is 5.91 Å². The Kier molecular flexibility index (Phi) is 5.43. The van der Waals surface area contributed by atoms with Crippen molar-refractivity contribution in [1.29, 1.82) is 0 Å². The summed E-state index contributed by atoms with van der Waals surface area (Å²) < 4.78 is 29.4. The molecule has 2 aromatic rings. The third-order valence-corrected chi connectivity index (χ3v) is 3.87. The zero-order chi connectivity index (χ0) is 17.9. The van der Waals surface area contributed by atoms with Crippen LogP contribution in [0.25, 0.3) is 0 Å². The second kappa shape index (κ2) is 7.33. The average molecular weight is 336 g/mol. The maximum Gasteiger partial charge on any atom is 0.254 e. The van der Waals surface area contributed by atoms with Crippen molar-refractivity contribution in [2.75, 3.05) is 20.8 Å². The van der Waals surface area contributed by atoms with Gasteiger partial charge in [-0.25, -0.2) is 4.39 Å². The number of ether oxygens (including phenoxy) is 2. The van der Waals surface area contributed by atoms with E-state index in [4.69, 9.17) is 14.0 Å². The first kappa shape index (κ1) is 17.8. The SMILES string of the molecule is COc1cc(F)c(C(=O)NC[C@@H](C)c2c(C)noc2C)cc1OC.